The maximum absolute atomic E-state index is 8.77. The number of fused-ring (bicyclic) bond motifs is 5. The Kier molecular flexibility index (Phi) is 5.05. The zero-order valence-electron chi connectivity index (χ0n) is 16.0. The molecule has 2 N–H and O–H groups in total. The molecule has 0 fully saturated rings. The number of phosphoric acid groups is 1. The summed E-state index contributed by atoms with van der Waals surface area (Å²) in [5.74, 6) is 1.65. The summed E-state index contributed by atoms with van der Waals surface area (Å²) >= 11 is 5.79. The van der Waals surface area contributed by atoms with Crippen molar-refractivity contribution in [3.05, 3.63) is 66.2 Å². The smallest absolute Gasteiger partial charge is 0.410 e. The summed E-state index contributed by atoms with van der Waals surface area (Å²) in [6.45, 7) is 2.02. The van der Waals surface area contributed by atoms with E-state index in [1.807, 2.05) is 58.9 Å². The van der Waals surface area contributed by atoms with E-state index in [9.17, 15) is 0 Å². The van der Waals surface area contributed by atoms with Gasteiger partial charge in [0.2, 0.25) is 4.99 Å². The zero-order chi connectivity index (χ0) is 21.6. The molecule has 154 valence electrons. The van der Waals surface area contributed by atoms with Crippen LogP contribution in [0.4, 0.5) is 0 Å². The first kappa shape index (κ1) is 20.4. The van der Waals surface area contributed by atoms with Crippen molar-refractivity contribution in [3.63, 3.8) is 0 Å². The average molecular weight is 444 g/mol. The predicted octanol–water partition coefficient (Wildman–Crippen LogP) is 1.40. The first-order valence-electron chi connectivity index (χ1n) is 8.76. The predicted molar refractivity (Wildman–Crippen MR) is 111 cm³/mol. The van der Waals surface area contributed by atoms with E-state index in [1.54, 1.807) is 7.11 Å². The highest BCUT2D eigenvalue weighted by molar-refractivity contribution is 7.80. The molecular formula is C19H17N4O5PS. The lowest BCUT2D eigenvalue weighted by atomic mass is 10.2. The van der Waals surface area contributed by atoms with Crippen LogP contribution in [0, 0.1) is 6.92 Å². The number of thiocarbonyl (C=S) groups is 1. The maximum Gasteiger partial charge on any atom is 0.410 e. The number of hydrogen-bond donors (Lipinski definition) is 2. The highest BCUT2D eigenvalue weighted by Gasteiger charge is 2.37. The quantitative estimate of drug-likeness (QED) is 0.240. The molecule has 0 amide bonds. The summed E-state index contributed by atoms with van der Waals surface area (Å²) in [4.78, 5) is 28.5. The van der Waals surface area contributed by atoms with Crippen LogP contribution in [-0.4, -0.2) is 36.0 Å². The molecule has 0 saturated carbocycles. The van der Waals surface area contributed by atoms with Gasteiger partial charge in [0.05, 0.1) is 13.3 Å². The number of rotatable bonds is 2. The average Bonchev–Trinajstić information content (AvgIpc) is 3.37. The number of hydrogen-bond acceptors (Lipinski definition) is 5. The molecule has 0 atom stereocenters. The molecule has 30 heavy (non-hydrogen) atoms. The van der Waals surface area contributed by atoms with Gasteiger partial charge in [-0.3, -0.25) is 4.57 Å². The number of methoxy groups -OCH3 is 1. The third-order valence-electron chi connectivity index (χ3n) is 4.70. The lowest BCUT2D eigenvalue weighted by Gasteiger charge is -2.06. The topological polar surface area (TPSA) is 116 Å². The normalized spacial score (nSPS) is 12.4. The minimum atomic E-state index is -4.89. The van der Waals surface area contributed by atoms with E-state index in [0.29, 0.717) is 0 Å². The molecular weight excluding hydrogens is 427 g/mol. The van der Waals surface area contributed by atoms with E-state index < -0.39 is 7.82 Å². The summed E-state index contributed by atoms with van der Waals surface area (Å²) in [6, 6.07) is 12.2. The van der Waals surface area contributed by atoms with Crippen LogP contribution in [-0.2, 0) is 4.57 Å². The van der Waals surface area contributed by atoms with Crippen molar-refractivity contribution < 1.29 is 28.5 Å². The second kappa shape index (κ2) is 7.42. The molecule has 4 aromatic rings. The van der Waals surface area contributed by atoms with E-state index in [4.69, 9.17) is 41.2 Å². The minimum Gasteiger partial charge on any atom is -0.756 e. The van der Waals surface area contributed by atoms with Crippen LogP contribution in [0.1, 0.15) is 11.3 Å². The maximum atomic E-state index is 8.77. The summed E-state index contributed by atoms with van der Waals surface area (Å²) in [5.41, 5.74) is 5.01. The fraction of sp³-hybridized carbons (Fsp3) is 0.105. The van der Waals surface area contributed by atoms with Gasteiger partial charge in [-0.2, -0.15) is 9.13 Å². The van der Waals surface area contributed by atoms with Gasteiger partial charge in [0.15, 0.2) is 16.7 Å². The molecule has 1 aromatic carbocycles. The summed E-state index contributed by atoms with van der Waals surface area (Å²) in [7, 11) is -3.21. The van der Waals surface area contributed by atoms with Gasteiger partial charge < -0.3 is 24.0 Å². The van der Waals surface area contributed by atoms with Gasteiger partial charge in [0.1, 0.15) is 5.75 Å². The van der Waals surface area contributed by atoms with Gasteiger partial charge >= 0.3 is 5.95 Å². The molecule has 9 nitrogen and oxygen atoms in total. The van der Waals surface area contributed by atoms with Crippen molar-refractivity contribution in [1.82, 2.24) is 14.1 Å². The van der Waals surface area contributed by atoms with Crippen LogP contribution in [0.5, 0.6) is 5.75 Å². The van der Waals surface area contributed by atoms with E-state index in [1.165, 1.54) is 0 Å². The fourth-order valence-electron chi connectivity index (χ4n) is 3.48. The summed E-state index contributed by atoms with van der Waals surface area (Å²) in [5, 5.41) is 0. The summed E-state index contributed by atoms with van der Waals surface area (Å²) < 4.78 is 20.4. The minimum absolute atomic E-state index is 0.749. The first-order valence-corrected chi connectivity index (χ1v) is 10.7. The van der Waals surface area contributed by atoms with E-state index in [2.05, 4.69) is 16.7 Å². The van der Waals surface area contributed by atoms with Crippen LogP contribution >= 0.6 is 20.0 Å². The molecule has 0 spiro atoms. The van der Waals surface area contributed by atoms with Crippen molar-refractivity contribution in [2.45, 2.75) is 6.92 Å². The zero-order valence-corrected chi connectivity index (χ0v) is 17.7. The molecule has 11 heteroatoms. The highest BCUT2D eigenvalue weighted by atomic mass is 32.1. The van der Waals surface area contributed by atoms with Crippen molar-refractivity contribution >= 4 is 36.1 Å². The van der Waals surface area contributed by atoms with Gasteiger partial charge in [-0.05, 0) is 43.4 Å². The molecule has 0 aliphatic carbocycles. The molecule has 1 aliphatic heterocycles. The number of ether oxygens (including phenoxy) is 1. The highest BCUT2D eigenvalue weighted by Crippen LogP contribution is 2.29. The SMILES string of the molecule is COc1cc[n+]2c(c1C)C(=S)n1c-2nc2ccc(-n3cccc3)cc21.O=P([O-])(O)O. The Bertz CT molecular complexity index is 1320. The monoisotopic (exact) mass is 444 g/mol. The lowest BCUT2D eigenvalue weighted by Crippen LogP contribution is -2.33. The Morgan fingerprint density at radius 2 is 1.90 bits per heavy atom. The molecule has 1 aliphatic rings. The molecule has 0 radical (unpaired) electrons. The molecule has 0 bridgehead atoms. The number of imidazole rings is 1. The van der Waals surface area contributed by atoms with Crippen molar-refractivity contribution in [1.29, 1.82) is 0 Å². The molecule has 4 heterocycles. The number of benzene rings is 1. The molecule has 0 saturated heterocycles. The second-order valence-electron chi connectivity index (χ2n) is 6.53. The van der Waals surface area contributed by atoms with Crippen LogP contribution in [0.25, 0.3) is 22.7 Å². The number of aromatic nitrogens is 4. The van der Waals surface area contributed by atoms with Crippen LogP contribution in [0.2, 0.25) is 0 Å². The summed E-state index contributed by atoms with van der Waals surface area (Å²) in [6.07, 6.45) is 6.02. The van der Waals surface area contributed by atoms with Crippen molar-refractivity contribution in [2.75, 3.05) is 7.11 Å². The molecule has 0 unspecified atom stereocenters. The van der Waals surface area contributed by atoms with Crippen molar-refractivity contribution in [2.24, 2.45) is 0 Å². The molecule has 3 aromatic heterocycles. The third kappa shape index (κ3) is 3.55. The Labute approximate surface area is 176 Å². The molecule has 5 rings (SSSR count). The van der Waals surface area contributed by atoms with Crippen LogP contribution in [0.15, 0.2) is 55.0 Å². The van der Waals surface area contributed by atoms with Crippen molar-refractivity contribution in [3.8, 4) is 17.4 Å². The van der Waals surface area contributed by atoms with E-state index in [-0.39, 0.29) is 0 Å². The van der Waals surface area contributed by atoms with Crippen LogP contribution in [0.3, 0.4) is 0 Å². The largest absolute Gasteiger partial charge is 0.756 e. The lowest BCUT2D eigenvalue weighted by molar-refractivity contribution is -0.600. The number of nitrogens with zero attached hydrogens (tertiary/aromatic N) is 4. The third-order valence-corrected chi connectivity index (χ3v) is 5.08. The van der Waals surface area contributed by atoms with E-state index in [0.717, 1.165) is 44.7 Å². The van der Waals surface area contributed by atoms with Gasteiger partial charge in [0.25, 0.3) is 7.82 Å². The Morgan fingerprint density at radius 3 is 2.53 bits per heavy atom. The Balaban J connectivity index is 0.000000393. The Hall–Kier alpha value is -2.88. The first-order chi connectivity index (χ1) is 14.2. The number of pyridine rings is 1. The van der Waals surface area contributed by atoms with E-state index >= 15 is 0 Å². The Morgan fingerprint density at radius 1 is 1.23 bits per heavy atom. The van der Waals surface area contributed by atoms with Crippen LogP contribution < -0.4 is 14.2 Å². The van der Waals surface area contributed by atoms with Gasteiger partial charge in [0, 0.05) is 35.8 Å². The second-order valence-corrected chi connectivity index (χ2v) is 7.90. The van der Waals surface area contributed by atoms with Gasteiger partial charge in [-0.1, -0.05) is 4.98 Å². The fourth-order valence-corrected chi connectivity index (χ4v) is 3.91. The van der Waals surface area contributed by atoms with Gasteiger partial charge in [-0.15, -0.1) is 0 Å². The standard InChI is InChI=1S/C19H15N4OS.H3O4P/c1-12-16(24-2)7-10-22-17(12)18(25)23-15-11-13(21-8-3-4-9-21)5-6-14(15)20-19(22)23;1-5(2,3)4/h3-11H,1-2H3;(H3,1,2,3,4)/q+1;/p-1. The van der Waals surface area contributed by atoms with Gasteiger partial charge in [-0.25, -0.2) is 0 Å².